The lowest BCUT2D eigenvalue weighted by molar-refractivity contribution is 0.150. The largest absolute Gasteiger partial charge is 0.314 e. The molecule has 2 heteroatoms. The minimum absolute atomic E-state index is 0.664. The molecule has 1 saturated heterocycles. The van der Waals surface area contributed by atoms with Crippen LogP contribution < -0.4 is 5.32 Å². The molecule has 0 amide bonds. The van der Waals surface area contributed by atoms with E-state index in [-0.39, 0.29) is 0 Å². The van der Waals surface area contributed by atoms with Gasteiger partial charge in [0.15, 0.2) is 0 Å². The van der Waals surface area contributed by atoms with Gasteiger partial charge in [0.1, 0.15) is 0 Å². The van der Waals surface area contributed by atoms with E-state index in [0.29, 0.717) is 6.04 Å². The van der Waals surface area contributed by atoms with Crippen LogP contribution in [0, 0.1) is 5.92 Å². The minimum atomic E-state index is 0.664. The van der Waals surface area contributed by atoms with Crippen LogP contribution in [-0.4, -0.2) is 37.1 Å². The maximum atomic E-state index is 3.59. The first-order valence-electron chi connectivity index (χ1n) is 8.29. The quantitative estimate of drug-likeness (QED) is 0.820. The Hall–Kier alpha value is -0.860. The Morgan fingerprint density at radius 2 is 2.10 bits per heavy atom. The Kier molecular flexibility index (Phi) is 6.55. The van der Waals surface area contributed by atoms with Gasteiger partial charge in [0.25, 0.3) is 0 Å². The molecular formula is C18H30N2. The predicted molar refractivity (Wildman–Crippen MR) is 87.1 cm³/mol. The fourth-order valence-electron chi connectivity index (χ4n) is 3.34. The van der Waals surface area contributed by atoms with E-state index < -0.39 is 0 Å². The van der Waals surface area contributed by atoms with Gasteiger partial charge in [-0.25, -0.2) is 0 Å². The summed E-state index contributed by atoms with van der Waals surface area (Å²) in [6, 6.07) is 11.5. The molecular weight excluding hydrogens is 244 g/mol. The van der Waals surface area contributed by atoms with Crippen molar-refractivity contribution >= 4 is 0 Å². The van der Waals surface area contributed by atoms with Crippen LogP contribution >= 0.6 is 0 Å². The topological polar surface area (TPSA) is 15.3 Å². The van der Waals surface area contributed by atoms with Crippen LogP contribution in [0.4, 0.5) is 0 Å². The summed E-state index contributed by atoms with van der Waals surface area (Å²) in [5.41, 5.74) is 1.47. The van der Waals surface area contributed by atoms with Gasteiger partial charge in [-0.05, 0) is 63.7 Å². The molecule has 0 aromatic heterocycles. The Morgan fingerprint density at radius 1 is 1.30 bits per heavy atom. The van der Waals surface area contributed by atoms with Crippen molar-refractivity contribution in [2.75, 3.05) is 26.2 Å². The first kappa shape index (κ1) is 15.5. The van der Waals surface area contributed by atoms with Gasteiger partial charge < -0.3 is 10.2 Å². The molecule has 0 spiro atoms. The Labute approximate surface area is 124 Å². The summed E-state index contributed by atoms with van der Waals surface area (Å²) in [6.07, 6.45) is 5.26. The minimum Gasteiger partial charge on any atom is -0.314 e. The smallest absolute Gasteiger partial charge is 0.00791 e. The summed E-state index contributed by atoms with van der Waals surface area (Å²) in [5.74, 6) is 0.834. The van der Waals surface area contributed by atoms with E-state index in [4.69, 9.17) is 0 Å². The van der Waals surface area contributed by atoms with Crippen molar-refractivity contribution < 1.29 is 0 Å². The Morgan fingerprint density at radius 3 is 2.85 bits per heavy atom. The van der Waals surface area contributed by atoms with Crippen molar-refractivity contribution in [2.24, 2.45) is 5.92 Å². The summed E-state index contributed by atoms with van der Waals surface area (Å²) in [6.45, 7) is 9.47. The third-order valence-electron chi connectivity index (χ3n) is 4.56. The molecule has 112 valence electrons. The van der Waals surface area contributed by atoms with Crippen LogP contribution in [0.5, 0.6) is 0 Å². The first-order valence-corrected chi connectivity index (χ1v) is 8.29. The van der Waals surface area contributed by atoms with E-state index in [1.807, 2.05) is 0 Å². The molecule has 1 N–H and O–H groups in total. The number of nitrogens with zero attached hydrogens (tertiary/aromatic N) is 1. The van der Waals surface area contributed by atoms with Gasteiger partial charge in [-0.2, -0.15) is 0 Å². The molecule has 0 bridgehead atoms. The molecule has 2 unspecified atom stereocenters. The van der Waals surface area contributed by atoms with Gasteiger partial charge >= 0.3 is 0 Å². The maximum Gasteiger partial charge on any atom is 0.00791 e. The summed E-state index contributed by atoms with van der Waals surface area (Å²) in [5, 5.41) is 3.59. The monoisotopic (exact) mass is 274 g/mol. The second kappa shape index (κ2) is 8.43. The van der Waals surface area contributed by atoms with Crippen molar-refractivity contribution in [3.05, 3.63) is 35.9 Å². The highest BCUT2D eigenvalue weighted by molar-refractivity contribution is 5.14. The van der Waals surface area contributed by atoms with Gasteiger partial charge in [0.05, 0.1) is 0 Å². The fourth-order valence-corrected chi connectivity index (χ4v) is 3.34. The van der Waals surface area contributed by atoms with Crippen LogP contribution in [0.3, 0.4) is 0 Å². The van der Waals surface area contributed by atoms with E-state index in [2.05, 4.69) is 54.4 Å². The molecule has 1 aromatic carbocycles. The average Bonchev–Trinajstić information content (AvgIpc) is 2.49. The number of benzene rings is 1. The van der Waals surface area contributed by atoms with Crippen molar-refractivity contribution in [2.45, 2.75) is 45.6 Å². The molecule has 1 heterocycles. The van der Waals surface area contributed by atoms with E-state index >= 15 is 0 Å². The molecule has 0 saturated carbocycles. The van der Waals surface area contributed by atoms with Gasteiger partial charge in [-0.1, -0.05) is 37.3 Å². The van der Waals surface area contributed by atoms with Gasteiger partial charge in [0.2, 0.25) is 0 Å². The van der Waals surface area contributed by atoms with E-state index in [0.717, 1.165) is 12.5 Å². The summed E-state index contributed by atoms with van der Waals surface area (Å²) < 4.78 is 0. The molecule has 2 rings (SSSR count). The van der Waals surface area contributed by atoms with Crippen molar-refractivity contribution in [1.82, 2.24) is 10.2 Å². The third kappa shape index (κ3) is 4.92. The van der Waals surface area contributed by atoms with Crippen molar-refractivity contribution in [3.63, 3.8) is 0 Å². The maximum absolute atomic E-state index is 3.59. The van der Waals surface area contributed by atoms with Crippen LogP contribution in [-0.2, 0) is 6.42 Å². The fraction of sp³-hybridized carbons (Fsp3) is 0.667. The molecule has 1 aliphatic rings. The number of rotatable bonds is 7. The summed E-state index contributed by atoms with van der Waals surface area (Å²) >= 11 is 0. The van der Waals surface area contributed by atoms with Crippen LogP contribution in [0.1, 0.15) is 38.7 Å². The second-order valence-corrected chi connectivity index (χ2v) is 6.14. The Balaban J connectivity index is 1.70. The Bertz CT molecular complexity index is 363. The summed E-state index contributed by atoms with van der Waals surface area (Å²) in [4.78, 5) is 2.67. The van der Waals surface area contributed by atoms with E-state index in [1.165, 1.54) is 50.9 Å². The SMILES string of the molecule is CCNC(C)C1CCCN(CCCc2ccccc2)C1. The summed E-state index contributed by atoms with van der Waals surface area (Å²) in [7, 11) is 0. The van der Waals surface area contributed by atoms with Crippen LogP contribution in [0.15, 0.2) is 30.3 Å². The normalized spacial score (nSPS) is 21.8. The zero-order valence-corrected chi connectivity index (χ0v) is 13.1. The van der Waals surface area contributed by atoms with E-state index in [1.54, 1.807) is 0 Å². The molecule has 0 aliphatic carbocycles. The number of piperidine rings is 1. The number of hydrogen-bond donors (Lipinski definition) is 1. The van der Waals surface area contributed by atoms with Gasteiger partial charge in [0, 0.05) is 12.6 Å². The predicted octanol–water partition coefficient (Wildman–Crippen LogP) is 3.33. The van der Waals surface area contributed by atoms with E-state index in [9.17, 15) is 0 Å². The van der Waals surface area contributed by atoms with Crippen molar-refractivity contribution in [1.29, 1.82) is 0 Å². The molecule has 1 aliphatic heterocycles. The number of nitrogens with one attached hydrogen (secondary N) is 1. The lowest BCUT2D eigenvalue weighted by Crippen LogP contribution is -2.44. The van der Waals surface area contributed by atoms with Gasteiger partial charge in [-0.15, -0.1) is 0 Å². The average molecular weight is 274 g/mol. The standard InChI is InChI=1S/C18H30N2/c1-3-19-16(2)18-12-8-14-20(15-18)13-7-11-17-9-5-4-6-10-17/h4-6,9-10,16,18-19H,3,7-8,11-15H2,1-2H3. The lowest BCUT2D eigenvalue weighted by atomic mass is 9.91. The third-order valence-corrected chi connectivity index (χ3v) is 4.56. The highest BCUT2D eigenvalue weighted by atomic mass is 15.1. The zero-order chi connectivity index (χ0) is 14.2. The van der Waals surface area contributed by atoms with Crippen molar-refractivity contribution in [3.8, 4) is 0 Å². The molecule has 2 atom stereocenters. The van der Waals surface area contributed by atoms with Gasteiger partial charge in [-0.3, -0.25) is 0 Å². The second-order valence-electron chi connectivity index (χ2n) is 6.14. The first-order chi connectivity index (χ1) is 9.79. The molecule has 2 nitrogen and oxygen atoms in total. The zero-order valence-electron chi connectivity index (χ0n) is 13.1. The molecule has 1 aromatic rings. The highest BCUT2D eigenvalue weighted by Crippen LogP contribution is 2.20. The number of hydrogen-bond acceptors (Lipinski definition) is 2. The number of aryl methyl sites for hydroxylation is 1. The molecule has 0 radical (unpaired) electrons. The van der Waals surface area contributed by atoms with Crippen LogP contribution in [0.2, 0.25) is 0 Å². The van der Waals surface area contributed by atoms with Crippen LogP contribution in [0.25, 0.3) is 0 Å². The molecule has 1 fully saturated rings. The molecule has 20 heavy (non-hydrogen) atoms. The lowest BCUT2D eigenvalue weighted by Gasteiger charge is -2.36. The number of likely N-dealkylation sites (tertiary alicyclic amines) is 1. The highest BCUT2D eigenvalue weighted by Gasteiger charge is 2.23.